The lowest BCUT2D eigenvalue weighted by Crippen LogP contribution is -2.17. The number of ketones is 1. The second-order valence-electron chi connectivity index (χ2n) is 5.33. The first-order valence-electron chi connectivity index (χ1n) is 7.78. The molecule has 9 heteroatoms. The van der Waals surface area contributed by atoms with Crippen molar-refractivity contribution in [3.8, 4) is 0 Å². The van der Waals surface area contributed by atoms with Crippen LogP contribution in [0.1, 0.15) is 18.6 Å². The van der Waals surface area contributed by atoms with E-state index in [1.165, 1.54) is 12.1 Å². The van der Waals surface area contributed by atoms with Crippen LogP contribution in [0.4, 0.5) is 8.78 Å². The van der Waals surface area contributed by atoms with Gasteiger partial charge in [-0.3, -0.25) is 4.79 Å². The van der Waals surface area contributed by atoms with Gasteiger partial charge in [-0.2, -0.15) is 8.42 Å². The van der Waals surface area contributed by atoms with E-state index >= 15 is 0 Å². The number of carbonyl (C=O) groups excluding carboxylic acids is 1. The standard InChI is InChI=1S/C17H13F2NO5S/c18-12-8-4-7-11(13(12)19)15-14(21)16(17(20)24-15)25-26(22,23)9-10-5-2-1-3-6-10/h1-8,15H,9,20H2/t15-/m0/s1/i15D. The van der Waals surface area contributed by atoms with Gasteiger partial charge in [0, 0.05) is 5.56 Å². The minimum Gasteiger partial charge on any atom is -0.460 e. The van der Waals surface area contributed by atoms with Gasteiger partial charge in [0.05, 0.1) is 1.37 Å². The highest BCUT2D eigenvalue weighted by atomic mass is 32.2. The zero-order valence-corrected chi connectivity index (χ0v) is 13.9. The second kappa shape index (κ2) is 6.75. The predicted molar refractivity (Wildman–Crippen MR) is 86.6 cm³/mol. The summed E-state index contributed by atoms with van der Waals surface area (Å²) in [5.74, 6) is -6.49. The normalized spacial score (nSPS) is 20.7. The Kier molecular flexibility index (Phi) is 4.29. The Morgan fingerprint density at radius 1 is 1.15 bits per heavy atom. The van der Waals surface area contributed by atoms with Crippen molar-refractivity contribution in [1.82, 2.24) is 0 Å². The molecule has 6 nitrogen and oxygen atoms in total. The van der Waals surface area contributed by atoms with E-state index < -0.39 is 56.6 Å². The first-order chi connectivity index (χ1) is 12.6. The molecule has 0 saturated heterocycles. The summed E-state index contributed by atoms with van der Waals surface area (Å²) >= 11 is 0. The summed E-state index contributed by atoms with van der Waals surface area (Å²) in [6.07, 6.45) is -2.80. The topological polar surface area (TPSA) is 95.7 Å². The Bertz CT molecular complexity index is 1040. The molecule has 0 bridgehead atoms. The molecular weight excluding hydrogens is 368 g/mol. The molecule has 26 heavy (non-hydrogen) atoms. The highest BCUT2D eigenvalue weighted by Gasteiger charge is 2.41. The smallest absolute Gasteiger partial charge is 0.313 e. The van der Waals surface area contributed by atoms with Crippen LogP contribution in [0, 0.1) is 11.6 Å². The van der Waals surface area contributed by atoms with Gasteiger partial charge in [-0.25, -0.2) is 8.78 Å². The minimum atomic E-state index is -4.32. The number of hydrogen-bond acceptors (Lipinski definition) is 6. The average Bonchev–Trinajstić information content (AvgIpc) is 2.81. The molecule has 2 aromatic carbocycles. The highest BCUT2D eigenvalue weighted by Crippen LogP contribution is 2.34. The quantitative estimate of drug-likeness (QED) is 0.797. The van der Waals surface area contributed by atoms with Crippen molar-refractivity contribution in [1.29, 1.82) is 0 Å². The molecule has 0 amide bonds. The van der Waals surface area contributed by atoms with Gasteiger partial charge in [0.2, 0.25) is 17.4 Å². The van der Waals surface area contributed by atoms with Crippen LogP contribution in [0.3, 0.4) is 0 Å². The van der Waals surface area contributed by atoms with Gasteiger partial charge >= 0.3 is 10.1 Å². The zero-order valence-electron chi connectivity index (χ0n) is 14.1. The molecule has 0 aromatic heterocycles. The molecule has 1 heterocycles. The van der Waals surface area contributed by atoms with E-state index in [0.29, 0.717) is 5.56 Å². The van der Waals surface area contributed by atoms with Gasteiger partial charge in [0.1, 0.15) is 5.75 Å². The molecule has 2 aromatic rings. The van der Waals surface area contributed by atoms with Crippen LogP contribution >= 0.6 is 0 Å². The van der Waals surface area contributed by atoms with E-state index in [-0.39, 0.29) is 0 Å². The largest absolute Gasteiger partial charge is 0.460 e. The first-order valence-corrected chi connectivity index (χ1v) is 8.86. The van der Waals surface area contributed by atoms with Crippen LogP contribution in [0.25, 0.3) is 0 Å². The second-order valence-corrected chi connectivity index (χ2v) is 6.90. The highest BCUT2D eigenvalue weighted by molar-refractivity contribution is 7.86. The van der Waals surface area contributed by atoms with E-state index in [4.69, 9.17) is 16.0 Å². The number of rotatable bonds is 5. The summed E-state index contributed by atoms with van der Waals surface area (Å²) < 4.78 is 69.5. The van der Waals surface area contributed by atoms with Crippen LogP contribution in [-0.4, -0.2) is 14.2 Å². The SMILES string of the molecule is [2H][C@@]1(c2cccc(F)c2F)OC(N)=C(OS(=O)(=O)Cc2ccccc2)C1=O. The summed E-state index contributed by atoms with van der Waals surface area (Å²) in [5.41, 5.74) is 5.11. The lowest BCUT2D eigenvalue weighted by Gasteiger charge is -2.11. The fourth-order valence-corrected chi connectivity index (χ4v) is 3.36. The summed E-state index contributed by atoms with van der Waals surface area (Å²) in [6.45, 7) is 0. The molecule has 0 unspecified atom stereocenters. The molecule has 0 aliphatic carbocycles. The van der Waals surface area contributed by atoms with E-state index in [1.54, 1.807) is 18.2 Å². The molecular formula is C17H13F2NO5S. The fraction of sp³-hybridized carbons (Fsp3) is 0.118. The number of halogens is 2. The summed E-state index contributed by atoms with van der Waals surface area (Å²) in [4.78, 5) is 12.5. The van der Waals surface area contributed by atoms with Crippen molar-refractivity contribution in [2.45, 2.75) is 11.8 Å². The number of carbonyl (C=O) groups is 1. The van der Waals surface area contributed by atoms with Gasteiger partial charge in [0.15, 0.2) is 17.7 Å². The van der Waals surface area contributed by atoms with Crippen LogP contribution < -0.4 is 5.73 Å². The van der Waals surface area contributed by atoms with Crippen molar-refractivity contribution < 1.29 is 32.3 Å². The van der Waals surface area contributed by atoms with Crippen LogP contribution in [0.2, 0.25) is 0 Å². The molecule has 0 radical (unpaired) electrons. The van der Waals surface area contributed by atoms with Gasteiger partial charge < -0.3 is 14.7 Å². The Morgan fingerprint density at radius 3 is 2.54 bits per heavy atom. The van der Waals surface area contributed by atoms with Crippen LogP contribution in [0.5, 0.6) is 0 Å². The van der Waals surface area contributed by atoms with E-state index in [1.807, 2.05) is 0 Å². The number of ether oxygens (including phenoxy) is 1. The van der Waals surface area contributed by atoms with Crippen LogP contribution in [-0.2, 0) is 29.6 Å². The number of nitrogens with two attached hydrogens (primary N) is 1. The Balaban J connectivity index is 1.88. The molecule has 2 N–H and O–H groups in total. The summed E-state index contributed by atoms with van der Waals surface area (Å²) in [6, 6.07) is 10.8. The Labute approximate surface area is 149 Å². The first kappa shape index (κ1) is 16.5. The molecule has 1 atom stereocenters. The summed E-state index contributed by atoms with van der Waals surface area (Å²) in [5, 5.41) is 0. The van der Waals surface area contributed by atoms with Gasteiger partial charge in [-0.15, -0.1) is 0 Å². The predicted octanol–water partition coefficient (Wildman–Crippen LogP) is 2.28. The summed E-state index contributed by atoms with van der Waals surface area (Å²) in [7, 11) is -4.32. The van der Waals surface area contributed by atoms with Crippen molar-refractivity contribution in [2.75, 3.05) is 0 Å². The van der Waals surface area contributed by atoms with Gasteiger partial charge in [-0.1, -0.05) is 42.5 Å². The number of benzene rings is 2. The zero-order chi connectivity index (χ0) is 19.8. The maximum Gasteiger partial charge on any atom is 0.313 e. The molecule has 3 rings (SSSR count). The van der Waals surface area contributed by atoms with E-state index in [9.17, 15) is 22.0 Å². The maximum atomic E-state index is 14.0. The lowest BCUT2D eigenvalue weighted by atomic mass is 10.1. The fourth-order valence-electron chi connectivity index (χ4n) is 2.29. The Hall–Kier alpha value is -2.94. The number of Topliss-reactive ketones (excluding diaryl/α,β-unsaturated/α-hetero) is 1. The Morgan fingerprint density at radius 2 is 1.85 bits per heavy atom. The molecule has 0 saturated carbocycles. The lowest BCUT2D eigenvalue weighted by molar-refractivity contribution is -0.123. The molecule has 1 aliphatic heterocycles. The van der Waals surface area contributed by atoms with E-state index in [2.05, 4.69) is 0 Å². The minimum absolute atomic E-state index is 0.386. The van der Waals surface area contributed by atoms with Gasteiger partial charge in [0.25, 0.3) is 0 Å². The molecule has 136 valence electrons. The monoisotopic (exact) mass is 382 g/mol. The van der Waals surface area contributed by atoms with Crippen LogP contribution in [0.15, 0.2) is 60.2 Å². The van der Waals surface area contributed by atoms with Gasteiger partial charge in [-0.05, 0) is 11.6 Å². The third kappa shape index (κ3) is 3.52. The molecule has 1 aliphatic rings. The maximum absolute atomic E-state index is 14.0. The number of hydrogen-bond donors (Lipinski definition) is 1. The van der Waals surface area contributed by atoms with Crippen molar-refractivity contribution >= 4 is 15.9 Å². The van der Waals surface area contributed by atoms with E-state index in [0.717, 1.165) is 18.2 Å². The van der Waals surface area contributed by atoms with Crippen molar-refractivity contribution in [2.24, 2.45) is 5.73 Å². The molecule has 0 fully saturated rings. The third-order valence-corrected chi connectivity index (χ3v) is 4.55. The molecule has 0 spiro atoms. The average molecular weight is 382 g/mol. The third-order valence-electron chi connectivity index (χ3n) is 3.44. The van der Waals surface area contributed by atoms with Crippen molar-refractivity contribution in [3.05, 3.63) is 82.9 Å². The van der Waals surface area contributed by atoms with Crippen molar-refractivity contribution in [3.63, 3.8) is 0 Å².